The monoisotopic (exact) mass is 158 g/mol. The van der Waals surface area contributed by atoms with Gasteiger partial charge in [-0.3, -0.25) is 0 Å². The molecule has 1 aliphatic rings. The molecule has 65 valence electrons. The van der Waals surface area contributed by atoms with Crippen LogP contribution in [0.2, 0.25) is 0 Å². The van der Waals surface area contributed by atoms with Crippen molar-refractivity contribution in [2.24, 2.45) is 5.73 Å². The Morgan fingerprint density at radius 3 is 2.91 bits per heavy atom. The number of nitrogens with two attached hydrogens (primary N) is 1. The van der Waals surface area contributed by atoms with Gasteiger partial charge >= 0.3 is 0 Å². The normalized spacial score (nSPS) is 30.3. The third kappa shape index (κ3) is 2.77. The second-order valence-corrected chi connectivity index (χ2v) is 3.24. The van der Waals surface area contributed by atoms with E-state index in [1.54, 1.807) is 0 Å². The van der Waals surface area contributed by atoms with Gasteiger partial charge in [0, 0.05) is 6.42 Å². The van der Waals surface area contributed by atoms with E-state index in [4.69, 9.17) is 15.2 Å². The molecule has 2 N–H and O–H groups in total. The highest BCUT2D eigenvalue weighted by atomic mass is 16.7. The Kier molecular flexibility index (Phi) is 2.87. The van der Waals surface area contributed by atoms with E-state index >= 15 is 0 Å². The van der Waals surface area contributed by atoms with Gasteiger partial charge in [-0.15, -0.1) is 0 Å². The molecule has 0 aromatic carbocycles. The van der Waals surface area contributed by atoms with E-state index in [-0.39, 0.29) is 6.10 Å². The Morgan fingerprint density at radius 2 is 2.36 bits per heavy atom. The van der Waals surface area contributed by atoms with Gasteiger partial charge in [0.1, 0.15) is 0 Å². The maximum absolute atomic E-state index is 5.58. The first-order valence-corrected chi connectivity index (χ1v) is 4.01. The summed E-state index contributed by atoms with van der Waals surface area (Å²) in [6.45, 7) is 6.30. The molecule has 11 heavy (non-hydrogen) atoms. The summed E-state index contributed by atoms with van der Waals surface area (Å²) in [6.07, 6.45) is 1.99. The van der Waals surface area contributed by atoms with Crippen molar-refractivity contribution in [3.8, 4) is 0 Å². The quantitative estimate of drug-likeness (QED) is 0.653. The molecule has 3 nitrogen and oxygen atoms in total. The number of ether oxygens (including phenoxy) is 2. The first kappa shape index (κ1) is 8.97. The molecule has 0 aromatic rings. The van der Waals surface area contributed by atoms with E-state index in [9.17, 15) is 0 Å². The lowest BCUT2D eigenvalue weighted by atomic mass is 10.1. The Morgan fingerprint density at radius 1 is 1.64 bits per heavy atom. The third-order valence-electron chi connectivity index (χ3n) is 1.67. The largest absolute Gasteiger partial charge is 0.347 e. The van der Waals surface area contributed by atoms with Crippen LogP contribution in [0.15, 0.2) is 0 Å². The molecule has 0 amide bonds. The standard InChI is InChI=1S/C8H16NO2/c1-8(2)10-6-4-7(11-8)3-5-9/h6-7H,3-5,9H2,1-2H3/t7-/m1/s1. The maximum Gasteiger partial charge on any atom is 0.163 e. The maximum atomic E-state index is 5.58. The molecular weight excluding hydrogens is 142 g/mol. The van der Waals surface area contributed by atoms with Crippen LogP contribution in [0.4, 0.5) is 0 Å². The lowest BCUT2D eigenvalue weighted by Crippen LogP contribution is -2.38. The SMILES string of the molecule is CC1(C)O[CH]C[C@@H](CCN)O1. The average Bonchev–Trinajstić information content (AvgIpc) is 1.85. The Bertz CT molecular complexity index is 123. The molecule has 1 heterocycles. The van der Waals surface area contributed by atoms with Crippen molar-refractivity contribution in [1.29, 1.82) is 0 Å². The highest BCUT2D eigenvalue weighted by Gasteiger charge is 2.28. The summed E-state index contributed by atoms with van der Waals surface area (Å²) in [5, 5.41) is 0. The summed E-state index contributed by atoms with van der Waals surface area (Å²) in [5.74, 6) is -0.460. The molecule has 0 bridgehead atoms. The summed E-state index contributed by atoms with van der Waals surface area (Å²) in [6, 6.07) is 0. The molecule has 0 aromatic heterocycles. The van der Waals surface area contributed by atoms with Crippen molar-refractivity contribution in [3.63, 3.8) is 0 Å². The summed E-state index contributed by atoms with van der Waals surface area (Å²) >= 11 is 0. The van der Waals surface area contributed by atoms with Crippen LogP contribution in [0.3, 0.4) is 0 Å². The number of rotatable bonds is 2. The molecule has 1 saturated heterocycles. The summed E-state index contributed by atoms with van der Waals surface area (Å²) in [4.78, 5) is 0. The van der Waals surface area contributed by atoms with Gasteiger partial charge in [0.15, 0.2) is 5.79 Å². The van der Waals surface area contributed by atoms with Crippen molar-refractivity contribution in [3.05, 3.63) is 6.61 Å². The van der Waals surface area contributed by atoms with Gasteiger partial charge in [-0.2, -0.15) is 0 Å². The highest BCUT2D eigenvalue weighted by Crippen LogP contribution is 2.25. The molecular formula is C8H16NO2. The Labute approximate surface area is 67.9 Å². The van der Waals surface area contributed by atoms with Crippen LogP contribution in [0.1, 0.15) is 26.7 Å². The van der Waals surface area contributed by atoms with E-state index in [0.29, 0.717) is 6.54 Å². The zero-order valence-corrected chi connectivity index (χ0v) is 7.17. The lowest BCUT2D eigenvalue weighted by molar-refractivity contribution is -0.252. The van der Waals surface area contributed by atoms with Gasteiger partial charge in [-0.1, -0.05) is 0 Å². The number of hydrogen-bond donors (Lipinski definition) is 1. The fourth-order valence-electron chi connectivity index (χ4n) is 1.20. The first-order chi connectivity index (χ1) is 5.14. The van der Waals surface area contributed by atoms with Crippen molar-refractivity contribution in [2.75, 3.05) is 6.54 Å². The van der Waals surface area contributed by atoms with Crippen LogP contribution in [0.25, 0.3) is 0 Å². The van der Waals surface area contributed by atoms with E-state index in [1.807, 2.05) is 20.5 Å². The minimum Gasteiger partial charge on any atom is -0.347 e. The van der Waals surface area contributed by atoms with Crippen LogP contribution in [-0.4, -0.2) is 18.4 Å². The second-order valence-electron chi connectivity index (χ2n) is 3.24. The molecule has 1 aliphatic heterocycles. The van der Waals surface area contributed by atoms with Crippen LogP contribution in [-0.2, 0) is 9.47 Å². The van der Waals surface area contributed by atoms with E-state index in [0.717, 1.165) is 12.8 Å². The summed E-state index contributed by atoms with van der Waals surface area (Å²) in [5.41, 5.74) is 5.41. The molecule has 1 fully saturated rings. The lowest BCUT2D eigenvalue weighted by Gasteiger charge is -2.35. The molecule has 1 radical (unpaired) electrons. The second kappa shape index (κ2) is 3.52. The summed E-state index contributed by atoms with van der Waals surface area (Å²) in [7, 11) is 0. The van der Waals surface area contributed by atoms with Crippen molar-refractivity contribution >= 4 is 0 Å². The van der Waals surface area contributed by atoms with E-state index in [2.05, 4.69) is 0 Å². The van der Waals surface area contributed by atoms with Gasteiger partial charge in [0.25, 0.3) is 0 Å². The van der Waals surface area contributed by atoms with Crippen LogP contribution >= 0.6 is 0 Å². The van der Waals surface area contributed by atoms with Crippen LogP contribution < -0.4 is 5.73 Å². The van der Waals surface area contributed by atoms with Crippen molar-refractivity contribution in [2.45, 2.75) is 38.6 Å². The first-order valence-electron chi connectivity index (χ1n) is 4.01. The predicted molar refractivity (Wildman–Crippen MR) is 42.6 cm³/mol. The fourth-order valence-corrected chi connectivity index (χ4v) is 1.20. The fraction of sp³-hybridized carbons (Fsp3) is 0.875. The van der Waals surface area contributed by atoms with Crippen molar-refractivity contribution in [1.82, 2.24) is 0 Å². The number of hydrogen-bond acceptors (Lipinski definition) is 3. The highest BCUT2D eigenvalue weighted by molar-refractivity contribution is 4.74. The average molecular weight is 158 g/mol. The van der Waals surface area contributed by atoms with Gasteiger partial charge in [0.2, 0.25) is 0 Å². The molecule has 0 unspecified atom stereocenters. The molecule has 0 aliphatic carbocycles. The van der Waals surface area contributed by atoms with Crippen LogP contribution in [0, 0.1) is 6.61 Å². The van der Waals surface area contributed by atoms with Gasteiger partial charge in [-0.05, 0) is 26.8 Å². The zero-order valence-electron chi connectivity index (χ0n) is 7.17. The van der Waals surface area contributed by atoms with Gasteiger partial charge in [0.05, 0.1) is 12.7 Å². The molecule has 1 atom stereocenters. The van der Waals surface area contributed by atoms with Crippen molar-refractivity contribution < 1.29 is 9.47 Å². The van der Waals surface area contributed by atoms with E-state index in [1.165, 1.54) is 0 Å². The molecule has 3 heteroatoms. The minimum absolute atomic E-state index is 0.240. The Balaban J connectivity index is 2.34. The Hall–Kier alpha value is -0.120. The predicted octanol–water partition coefficient (Wildman–Crippen LogP) is 1.04. The molecule has 0 saturated carbocycles. The zero-order chi connectivity index (χ0) is 8.32. The van der Waals surface area contributed by atoms with E-state index < -0.39 is 5.79 Å². The molecule has 1 rings (SSSR count). The topological polar surface area (TPSA) is 44.5 Å². The smallest absolute Gasteiger partial charge is 0.163 e. The third-order valence-corrected chi connectivity index (χ3v) is 1.67. The molecule has 0 spiro atoms. The van der Waals surface area contributed by atoms with Gasteiger partial charge in [-0.25, -0.2) is 0 Å². The van der Waals surface area contributed by atoms with Gasteiger partial charge < -0.3 is 15.2 Å². The summed E-state index contributed by atoms with van der Waals surface area (Å²) < 4.78 is 10.8. The minimum atomic E-state index is -0.460. The van der Waals surface area contributed by atoms with Crippen LogP contribution in [0.5, 0.6) is 0 Å².